The highest BCUT2D eigenvalue weighted by Gasteiger charge is 2.29. The van der Waals surface area contributed by atoms with Crippen molar-refractivity contribution in [2.45, 2.75) is 38.8 Å². The average molecular weight is 254 g/mol. The first kappa shape index (κ1) is 12.5. The Hall–Kier alpha value is -0.940. The number of rotatable bonds is 3. The highest BCUT2D eigenvalue weighted by Crippen LogP contribution is 2.22. The molecule has 0 aromatic carbocycles. The van der Waals surface area contributed by atoms with Gasteiger partial charge >= 0.3 is 5.97 Å². The number of likely N-dealkylation sites (tertiary alicyclic amines) is 1. The van der Waals surface area contributed by atoms with Gasteiger partial charge in [-0.25, -0.2) is 4.98 Å². The highest BCUT2D eigenvalue weighted by molar-refractivity contribution is 7.11. The van der Waals surface area contributed by atoms with Gasteiger partial charge in [0, 0.05) is 17.6 Å². The number of carbonyl (C=O) groups excluding carboxylic acids is 1. The third-order valence-electron chi connectivity index (χ3n) is 3.11. The Bertz CT molecular complexity index is 392. The van der Waals surface area contributed by atoms with Crippen LogP contribution in [-0.2, 0) is 16.1 Å². The van der Waals surface area contributed by atoms with Crippen molar-refractivity contribution >= 4 is 17.3 Å². The monoisotopic (exact) mass is 254 g/mol. The number of esters is 1. The molecule has 1 aromatic heterocycles. The van der Waals surface area contributed by atoms with Crippen LogP contribution in [0.15, 0.2) is 6.20 Å². The smallest absolute Gasteiger partial charge is 0.323 e. The quantitative estimate of drug-likeness (QED) is 0.774. The number of ether oxygens (including phenoxy) is 1. The summed E-state index contributed by atoms with van der Waals surface area (Å²) in [5, 5.41) is 1.08. The normalized spacial score (nSPS) is 21.4. The summed E-state index contributed by atoms with van der Waals surface area (Å²) in [6.07, 6.45) is 5.08. The molecule has 0 amide bonds. The molecule has 1 aliphatic heterocycles. The third kappa shape index (κ3) is 3.04. The predicted octanol–water partition coefficient (Wildman–Crippen LogP) is 1.98. The summed E-state index contributed by atoms with van der Waals surface area (Å²) in [4.78, 5) is 19.4. The number of nitrogens with zero attached hydrogens (tertiary/aromatic N) is 2. The molecule has 1 saturated heterocycles. The van der Waals surface area contributed by atoms with Gasteiger partial charge in [0.1, 0.15) is 6.04 Å². The molecule has 94 valence electrons. The maximum atomic E-state index is 11.7. The summed E-state index contributed by atoms with van der Waals surface area (Å²) in [5.74, 6) is -0.106. The van der Waals surface area contributed by atoms with E-state index in [9.17, 15) is 4.79 Å². The maximum Gasteiger partial charge on any atom is 0.323 e. The van der Waals surface area contributed by atoms with Crippen molar-refractivity contribution in [2.75, 3.05) is 13.7 Å². The van der Waals surface area contributed by atoms with Gasteiger partial charge in [0.2, 0.25) is 0 Å². The van der Waals surface area contributed by atoms with Crippen molar-refractivity contribution in [3.8, 4) is 0 Å². The molecule has 1 atom stereocenters. The molecule has 0 N–H and O–H groups in total. The minimum Gasteiger partial charge on any atom is -0.468 e. The lowest BCUT2D eigenvalue weighted by atomic mass is 10.0. The molecule has 5 heteroatoms. The van der Waals surface area contributed by atoms with Gasteiger partial charge < -0.3 is 4.74 Å². The number of aromatic nitrogens is 1. The number of hydrogen-bond acceptors (Lipinski definition) is 5. The zero-order valence-corrected chi connectivity index (χ0v) is 11.1. The van der Waals surface area contributed by atoms with Gasteiger partial charge in [-0.05, 0) is 26.3 Å². The molecule has 17 heavy (non-hydrogen) atoms. The van der Waals surface area contributed by atoms with Gasteiger partial charge in [0.15, 0.2) is 0 Å². The van der Waals surface area contributed by atoms with Gasteiger partial charge in [-0.3, -0.25) is 9.69 Å². The number of piperidine rings is 1. The molecular weight excluding hydrogens is 236 g/mol. The fourth-order valence-corrected chi connectivity index (χ4v) is 3.08. The first-order valence-electron chi connectivity index (χ1n) is 5.94. The molecule has 0 unspecified atom stereocenters. The molecule has 0 radical (unpaired) electrons. The van der Waals surface area contributed by atoms with E-state index in [0.717, 1.165) is 37.4 Å². The largest absolute Gasteiger partial charge is 0.468 e. The van der Waals surface area contributed by atoms with E-state index in [4.69, 9.17) is 4.74 Å². The van der Waals surface area contributed by atoms with Gasteiger partial charge in [-0.1, -0.05) is 6.42 Å². The maximum absolute atomic E-state index is 11.7. The van der Waals surface area contributed by atoms with Gasteiger partial charge in [0.05, 0.1) is 12.1 Å². The lowest BCUT2D eigenvalue weighted by molar-refractivity contribution is -0.148. The van der Waals surface area contributed by atoms with E-state index in [1.807, 2.05) is 13.1 Å². The van der Waals surface area contributed by atoms with Crippen LogP contribution in [0.5, 0.6) is 0 Å². The third-order valence-corrected chi connectivity index (χ3v) is 4.01. The fraction of sp³-hybridized carbons (Fsp3) is 0.667. The Morgan fingerprint density at radius 3 is 3.12 bits per heavy atom. The van der Waals surface area contributed by atoms with E-state index in [2.05, 4.69) is 9.88 Å². The Morgan fingerprint density at radius 1 is 1.65 bits per heavy atom. The van der Waals surface area contributed by atoms with Crippen LogP contribution in [0.3, 0.4) is 0 Å². The molecule has 2 heterocycles. The van der Waals surface area contributed by atoms with E-state index in [1.54, 1.807) is 11.3 Å². The van der Waals surface area contributed by atoms with Crippen LogP contribution < -0.4 is 0 Å². The Morgan fingerprint density at radius 2 is 2.47 bits per heavy atom. The lowest BCUT2D eigenvalue weighted by Crippen LogP contribution is -2.44. The second-order valence-corrected chi connectivity index (χ2v) is 5.67. The summed E-state index contributed by atoms with van der Waals surface area (Å²) < 4.78 is 4.87. The molecule has 0 spiro atoms. The van der Waals surface area contributed by atoms with Crippen molar-refractivity contribution in [1.29, 1.82) is 0 Å². The standard InChI is InChI=1S/C12H18N2O2S/c1-9-13-7-10(17-9)8-14-6-4-3-5-11(14)12(15)16-2/h7,11H,3-6,8H2,1-2H3/t11-/m1/s1. The van der Waals surface area contributed by atoms with Gasteiger partial charge in [0.25, 0.3) is 0 Å². The predicted molar refractivity (Wildman–Crippen MR) is 66.9 cm³/mol. The van der Waals surface area contributed by atoms with Crippen molar-refractivity contribution < 1.29 is 9.53 Å². The Kier molecular flexibility index (Phi) is 4.12. The first-order valence-corrected chi connectivity index (χ1v) is 6.75. The molecule has 4 nitrogen and oxygen atoms in total. The second-order valence-electron chi connectivity index (χ2n) is 4.35. The van der Waals surface area contributed by atoms with E-state index >= 15 is 0 Å². The van der Waals surface area contributed by atoms with Crippen LogP contribution >= 0.6 is 11.3 Å². The van der Waals surface area contributed by atoms with Gasteiger partial charge in [-0.2, -0.15) is 0 Å². The van der Waals surface area contributed by atoms with Crippen molar-refractivity contribution in [3.05, 3.63) is 16.1 Å². The molecule has 0 bridgehead atoms. The number of thiazole rings is 1. The number of hydrogen-bond donors (Lipinski definition) is 0. The summed E-state index contributed by atoms with van der Waals surface area (Å²) >= 11 is 1.70. The SMILES string of the molecule is COC(=O)[C@H]1CCCCN1Cc1cnc(C)s1. The van der Waals surface area contributed by atoms with Crippen molar-refractivity contribution in [1.82, 2.24) is 9.88 Å². The minimum absolute atomic E-state index is 0.0730. The van der Waals surface area contributed by atoms with E-state index in [0.29, 0.717) is 0 Å². The molecule has 1 fully saturated rings. The fourth-order valence-electron chi connectivity index (χ4n) is 2.26. The Balaban J connectivity index is 2.03. The number of aryl methyl sites for hydroxylation is 1. The van der Waals surface area contributed by atoms with Crippen molar-refractivity contribution in [2.24, 2.45) is 0 Å². The zero-order chi connectivity index (χ0) is 12.3. The second kappa shape index (κ2) is 5.60. The number of carbonyl (C=O) groups is 1. The molecule has 0 aliphatic carbocycles. The van der Waals surface area contributed by atoms with Gasteiger partial charge in [-0.15, -0.1) is 11.3 Å². The summed E-state index contributed by atoms with van der Waals surface area (Å²) in [6, 6.07) is -0.0730. The van der Waals surface area contributed by atoms with Crippen LogP contribution in [0.25, 0.3) is 0 Å². The highest BCUT2D eigenvalue weighted by atomic mass is 32.1. The molecule has 0 saturated carbocycles. The number of methoxy groups -OCH3 is 1. The van der Waals surface area contributed by atoms with E-state index in [-0.39, 0.29) is 12.0 Å². The summed E-state index contributed by atoms with van der Waals surface area (Å²) in [5.41, 5.74) is 0. The van der Waals surface area contributed by atoms with Crippen LogP contribution in [-0.4, -0.2) is 35.5 Å². The summed E-state index contributed by atoms with van der Waals surface area (Å²) in [6.45, 7) is 3.78. The summed E-state index contributed by atoms with van der Waals surface area (Å²) in [7, 11) is 1.46. The van der Waals surface area contributed by atoms with Crippen LogP contribution in [0, 0.1) is 6.92 Å². The topological polar surface area (TPSA) is 42.4 Å². The van der Waals surface area contributed by atoms with E-state index < -0.39 is 0 Å². The minimum atomic E-state index is -0.106. The molecule has 1 aromatic rings. The molecular formula is C12H18N2O2S. The average Bonchev–Trinajstić information content (AvgIpc) is 2.74. The Labute approximate surface area is 106 Å². The van der Waals surface area contributed by atoms with Crippen molar-refractivity contribution in [3.63, 3.8) is 0 Å². The lowest BCUT2D eigenvalue weighted by Gasteiger charge is -2.33. The first-order chi connectivity index (χ1) is 8.20. The molecule has 1 aliphatic rings. The van der Waals surface area contributed by atoms with E-state index in [1.165, 1.54) is 12.0 Å². The zero-order valence-electron chi connectivity index (χ0n) is 10.3. The van der Waals surface area contributed by atoms with Crippen LogP contribution in [0.4, 0.5) is 0 Å². The van der Waals surface area contributed by atoms with Crippen LogP contribution in [0.2, 0.25) is 0 Å². The molecule has 2 rings (SSSR count). The van der Waals surface area contributed by atoms with Crippen LogP contribution in [0.1, 0.15) is 29.1 Å².